The van der Waals surface area contributed by atoms with Gasteiger partial charge in [-0.3, -0.25) is 15.1 Å². The van der Waals surface area contributed by atoms with Crippen molar-refractivity contribution in [2.75, 3.05) is 27.2 Å². The molecule has 1 aliphatic rings. The van der Waals surface area contributed by atoms with Crippen LogP contribution in [0.2, 0.25) is 0 Å². The molecule has 2 rings (SSSR count). The van der Waals surface area contributed by atoms with Gasteiger partial charge in [-0.1, -0.05) is 24.3 Å². The van der Waals surface area contributed by atoms with Crippen molar-refractivity contribution in [2.24, 2.45) is 5.84 Å². The molecular formula is C16H26N4O. The van der Waals surface area contributed by atoms with Gasteiger partial charge in [-0.15, -0.1) is 0 Å². The lowest BCUT2D eigenvalue weighted by Gasteiger charge is -2.35. The molecule has 1 saturated heterocycles. The fourth-order valence-electron chi connectivity index (χ4n) is 2.94. The van der Waals surface area contributed by atoms with E-state index >= 15 is 0 Å². The van der Waals surface area contributed by atoms with Crippen LogP contribution in [-0.4, -0.2) is 48.9 Å². The van der Waals surface area contributed by atoms with Crippen molar-refractivity contribution < 1.29 is 4.79 Å². The van der Waals surface area contributed by atoms with Crippen LogP contribution in [-0.2, 0) is 17.8 Å². The van der Waals surface area contributed by atoms with Crippen molar-refractivity contribution in [3.05, 3.63) is 35.4 Å². The zero-order valence-electron chi connectivity index (χ0n) is 13.0. The fraction of sp³-hybridized carbons (Fsp3) is 0.562. The molecule has 0 radical (unpaired) electrons. The van der Waals surface area contributed by atoms with Crippen LogP contribution in [0.25, 0.3) is 0 Å². The number of hydrogen-bond acceptors (Lipinski definition) is 4. The standard InChI is InChI=1S/C16H26N4O/c1-19-9-7-15(8-10-19)20(2)12-14-6-4-3-5-13(14)11-16(21)18-17/h3-6,15H,7-12,17H2,1-2H3,(H,18,21). The topological polar surface area (TPSA) is 61.6 Å². The van der Waals surface area contributed by atoms with Gasteiger partial charge in [-0.25, -0.2) is 5.84 Å². The number of hydrogen-bond donors (Lipinski definition) is 2. The Hall–Kier alpha value is -1.43. The molecule has 1 fully saturated rings. The molecule has 5 heteroatoms. The van der Waals surface area contributed by atoms with Gasteiger partial charge in [-0.05, 0) is 51.2 Å². The molecule has 0 unspecified atom stereocenters. The number of hydrazine groups is 1. The Morgan fingerprint density at radius 3 is 2.57 bits per heavy atom. The second-order valence-electron chi connectivity index (χ2n) is 5.96. The maximum Gasteiger partial charge on any atom is 0.238 e. The largest absolute Gasteiger partial charge is 0.306 e. The Kier molecular flexibility index (Phi) is 5.73. The second-order valence-corrected chi connectivity index (χ2v) is 5.96. The molecule has 0 spiro atoms. The normalized spacial score (nSPS) is 17.1. The molecule has 0 aliphatic carbocycles. The van der Waals surface area contributed by atoms with Crippen molar-refractivity contribution in [3.63, 3.8) is 0 Å². The maximum atomic E-state index is 11.5. The third kappa shape index (κ3) is 4.52. The molecule has 1 heterocycles. The molecule has 3 N–H and O–H groups in total. The molecule has 1 aliphatic heterocycles. The Morgan fingerprint density at radius 2 is 1.95 bits per heavy atom. The molecule has 1 amide bonds. The lowest BCUT2D eigenvalue weighted by atomic mass is 10.0. The summed E-state index contributed by atoms with van der Waals surface area (Å²) in [6, 6.07) is 8.73. The van der Waals surface area contributed by atoms with Crippen LogP contribution in [0.5, 0.6) is 0 Å². The summed E-state index contributed by atoms with van der Waals surface area (Å²) in [4.78, 5) is 16.3. The van der Waals surface area contributed by atoms with Gasteiger partial charge in [0.2, 0.25) is 5.91 Å². The summed E-state index contributed by atoms with van der Waals surface area (Å²) in [7, 11) is 4.35. The van der Waals surface area contributed by atoms with Crippen molar-refractivity contribution in [1.82, 2.24) is 15.2 Å². The summed E-state index contributed by atoms with van der Waals surface area (Å²) in [6.45, 7) is 3.20. The zero-order valence-corrected chi connectivity index (χ0v) is 13.0. The summed E-state index contributed by atoms with van der Waals surface area (Å²) >= 11 is 0. The Labute approximate surface area is 127 Å². The number of rotatable bonds is 5. The zero-order chi connectivity index (χ0) is 15.2. The fourth-order valence-corrected chi connectivity index (χ4v) is 2.94. The van der Waals surface area contributed by atoms with Gasteiger partial charge in [0.1, 0.15) is 0 Å². The number of carbonyl (C=O) groups excluding carboxylic acids is 1. The van der Waals surface area contributed by atoms with Gasteiger partial charge in [0.15, 0.2) is 0 Å². The maximum absolute atomic E-state index is 11.5. The summed E-state index contributed by atoms with van der Waals surface area (Å²) < 4.78 is 0. The van der Waals surface area contributed by atoms with Crippen LogP contribution in [0.1, 0.15) is 24.0 Å². The van der Waals surface area contributed by atoms with Crippen LogP contribution < -0.4 is 11.3 Å². The molecule has 0 saturated carbocycles. The van der Waals surface area contributed by atoms with Gasteiger partial charge < -0.3 is 4.90 Å². The third-order valence-electron chi connectivity index (χ3n) is 4.36. The SMILES string of the molecule is CN1CCC(N(C)Cc2ccccc2CC(=O)NN)CC1. The monoisotopic (exact) mass is 290 g/mol. The van der Waals surface area contributed by atoms with Crippen LogP contribution >= 0.6 is 0 Å². The highest BCUT2D eigenvalue weighted by molar-refractivity contribution is 5.78. The number of carbonyl (C=O) groups is 1. The van der Waals surface area contributed by atoms with E-state index in [9.17, 15) is 4.79 Å². The van der Waals surface area contributed by atoms with E-state index < -0.39 is 0 Å². The molecule has 116 valence electrons. The Balaban J connectivity index is 2.00. The lowest BCUT2D eigenvalue weighted by Crippen LogP contribution is -2.41. The highest BCUT2D eigenvalue weighted by Crippen LogP contribution is 2.18. The van der Waals surface area contributed by atoms with Crippen molar-refractivity contribution in [3.8, 4) is 0 Å². The van der Waals surface area contributed by atoms with Crippen LogP contribution in [0.3, 0.4) is 0 Å². The molecule has 21 heavy (non-hydrogen) atoms. The van der Waals surface area contributed by atoms with Gasteiger partial charge in [-0.2, -0.15) is 0 Å². The molecule has 0 bridgehead atoms. The minimum absolute atomic E-state index is 0.149. The second kappa shape index (κ2) is 7.54. The first-order valence-corrected chi connectivity index (χ1v) is 7.55. The lowest BCUT2D eigenvalue weighted by molar-refractivity contribution is -0.120. The van der Waals surface area contributed by atoms with E-state index in [0.717, 1.165) is 25.2 Å². The smallest absolute Gasteiger partial charge is 0.238 e. The Morgan fingerprint density at radius 1 is 1.33 bits per heavy atom. The van der Waals surface area contributed by atoms with Gasteiger partial charge in [0.05, 0.1) is 6.42 Å². The number of nitrogens with two attached hydrogens (primary N) is 1. The average molecular weight is 290 g/mol. The number of benzene rings is 1. The minimum Gasteiger partial charge on any atom is -0.306 e. The van der Waals surface area contributed by atoms with Gasteiger partial charge in [0, 0.05) is 12.6 Å². The van der Waals surface area contributed by atoms with Crippen molar-refractivity contribution >= 4 is 5.91 Å². The van der Waals surface area contributed by atoms with Crippen LogP contribution in [0, 0.1) is 0 Å². The number of nitrogens with zero attached hydrogens (tertiary/aromatic N) is 2. The van der Waals surface area contributed by atoms with E-state index in [-0.39, 0.29) is 5.91 Å². The Bertz CT molecular complexity index is 469. The van der Waals surface area contributed by atoms with E-state index in [4.69, 9.17) is 5.84 Å². The number of nitrogens with one attached hydrogen (secondary N) is 1. The molecule has 0 atom stereocenters. The first kappa shape index (κ1) is 15.9. The predicted molar refractivity (Wildman–Crippen MR) is 84.5 cm³/mol. The summed E-state index contributed by atoms with van der Waals surface area (Å²) in [5.41, 5.74) is 4.47. The number of likely N-dealkylation sites (tertiary alicyclic amines) is 1. The molecule has 5 nitrogen and oxygen atoms in total. The van der Waals surface area contributed by atoms with Crippen LogP contribution in [0.4, 0.5) is 0 Å². The quantitative estimate of drug-likeness (QED) is 0.477. The highest BCUT2D eigenvalue weighted by Gasteiger charge is 2.21. The summed E-state index contributed by atoms with van der Waals surface area (Å²) in [5, 5.41) is 0. The first-order chi connectivity index (χ1) is 10.1. The summed E-state index contributed by atoms with van der Waals surface area (Å²) in [5.74, 6) is 5.04. The van der Waals surface area contributed by atoms with Crippen LogP contribution in [0.15, 0.2) is 24.3 Å². The van der Waals surface area contributed by atoms with Crippen molar-refractivity contribution in [1.29, 1.82) is 0 Å². The molecule has 1 aromatic carbocycles. The van der Waals surface area contributed by atoms with E-state index in [2.05, 4.69) is 35.4 Å². The molecule has 1 aromatic rings. The summed E-state index contributed by atoms with van der Waals surface area (Å²) in [6.07, 6.45) is 2.75. The minimum atomic E-state index is -0.149. The number of piperidine rings is 1. The first-order valence-electron chi connectivity index (χ1n) is 7.55. The van der Waals surface area contributed by atoms with E-state index in [1.807, 2.05) is 18.2 Å². The average Bonchev–Trinajstić information content (AvgIpc) is 2.49. The van der Waals surface area contributed by atoms with Gasteiger partial charge in [0.25, 0.3) is 0 Å². The molecule has 0 aromatic heterocycles. The van der Waals surface area contributed by atoms with E-state index in [1.165, 1.54) is 18.4 Å². The third-order valence-corrected chi connectivity index (χ3v) is 4.36. The predicted octanol–water partition coefficient (Wildman–Crippen LogP) is 0.745. The molecular weight excluding hydrogens is 264 g/mol. The van der Waals surface area contributed by atoms with E-state index in [1.54, 1.807) is 0 Å². The highest BCUT2D eigenvalue weighted by atomic mass is 16.2. The van der Waals surface area contributed by atoms with Gasteiger partial charge >= 0.3 is 0 Å². The van der Waals surface area contributed by atoms with Crippen molar-refractivity contribution in [2.45, 2.75) is 31.8 Å². The van der Waals surface area contributed by atoms with E-state index in [0.29, 0.717) is 12.5 Å². The number of amides is 1.